The second kappa shape index (κ2) is 5.21. The summed E-state index contributed by atoms with van der Waals surface area (Å²) in [6.07, 6.45) is 1.56. The SMILES string of the molecule is Cc1ncccc1NS(=O)(=O)c1c(C)[nH]c(C(=O)O)c1C. The fraction of sp³-hybridized carbons (Fsp3) is 0.231. The predicted molar refractivity (Wildman–Crippen MR) is 77.0 cm³/mol. The molecule has 3 N–H and O–H groups in total. The minimum Gasteiger partial charge on any atom is -0.477 e. The number of pyridine rings is 1. The van der Waals surface area contributed by atoms with Crippen LogP contribution in [0.2, 0.25) is 0 Å². The topological polar surface area (TPSA) is 112 Å². The number of anilines is 1. The number of hydrogen-bond acceptors (Lipinski definition) is 4. The molecule has 112 valence electrons. The summed E-state index contributed by atoms with van der Waals surface area (Å²) in [4.78, 5) is 17.6. The van der Waals surface area contributed by atoms with Gasteiger partial charge in [-0.1, -0.05) is 0 Å². The third-order valence-corrected chi connectivity index (χ3v) is 4.74. The maximum absolute atomic E-state index is 12.5. The van der Waals surface area contributed by atoms with E-state index in [0.29, 0.717) is 11.4 Å². The lowest BCUT2D eigenvalue weighted by Gasteiger charge is -2.10. The average molecular weight is 309 g/mol. The van der Waals surface area contributed by atoms with Crippen molar-refractivity contribution in [2.24, 2.45) is 0 Å². The Bertz CT molecular complexity index is 809. The van der Waals surface area contributed by atoms with Crippen LogP contribution in [0.3, 0.4) is 0 Å². The van der Waals surface area contributed by atoms with Crippen LogP contribution >= 0.6 is 0 Å². The average Bonchev–Trinajstić information content (AvgIpc) is 2.68. The Morgan fingerprint density at radius 1 is 1.33 bits per heavy atom. The molecular weight excluding hydrogens is 294 g/mol. The fourth-order valence-corrected chi connectivity index (χ4v) is 3.70. The molecule has 2 rings (SSSR count). The number of carboxylic acids is 1. The number of aromatic amines is 1. The van der Waals surface area contributed by atoms with Crippen molar-refractivity contribution in [2.75, 3.05) is 4.72 Å². The number of aryl methyl sites for hydroxylation is 2. The number of sulfonamides is 1. The van der Waals surface area contributed by atoms with E-state index in [1.165, 1.54) is 13.8 Å². The molecule has 0 fully saturated rings. The number of carboxylic acid groups (broad SMARTS) is 1. The van der Waals surface area contributed by atoms with Crippen molar-refractivity contribution >= 4 is 21.7 Å². The lowest BCUT2D eigenvalue weighted by molar-refractivity contribution is 0.0690. The van der Waals surface area contributed by atoms with Gasteiger partial charge in [0.25, 0.3) is 10.0 Å². The number of carbonyl (C=O) groups is 1. The van der Waals surface area contributed by atoms with Gasteiger partial charge in [0.1, 0.15) is 10.6 Å². The maximum Gasteiger partial charge on any atom is 0.352 e. The molecule has 0 saturated carbocycles. The molecule has 7 nitrogen and oxygen atoms in total. The molecule has 0 aliphatic rings. The maximum atomic E-state index is 12.5. The highest BCUT2D eigenvalue weighted by Gasteiger charge is 2.26. The normalized spacial score (nSPS) is 11.4. The van der Waals surface area contributed by atoms with Crippen LogP contribution in [-0.4, -0.2) is 29.5 Å². The standard InChI is InChI=1S/C13H15N3O4S/c1-7-11(13(17)18)15-9(3)12(7)21(19,20)16-10-5-4-6-14-8(10)2/h4-6,15-16H,1-3H3,(H,17,18). The molecule has 8 heteroatoms. The van der Waals surface area contributed by atoms with Crippen molar-refractivity contribution in [3.05, 3.63) is 41.0 Å². The monoisotopic (exact) mass is 309 g/mol. The Balaban J connectivity index is 2.51. The molecule has 21 heavy (non-hydrogen) atoms. The van der Waals surface area contributed by atoms with Crippen LogP contribution in [0.4, 0.5) is 5.69 Å². The molecule has 0 spiro atoms. The quantitative estimate of drug-likeness (QED) is 0.797. The van der Waals surface area contributed by atoms with E-state index in [-0.39, 0.29) is 21.8 Å². The van der Waals surface area contributed by atoms with E-state index in [0.717, 1.165) is 0 Å². The van der Waals surface area contributed by atoms with Crippen LogP contribution in [0.15, 0.2) is 23.2 Å². The molecule has 0 aliphatic heterocycles. The predicted octanol–water partition coefficient (Wildman–Crippen LogP) is 1.83. The van der Waals surface area contributed by atoms with Gasteiger partial charge in [0, 0.05) is 17.5 Å². The summed E-state index contributed by atoms with van der Waals surface area (Å²) in [6, 6.07) is 3.21. The van der Waals surface area contributed by atoms with Crippen LogP contribution in [-0.2, 0) is 10.0 Å². The van der Waals surface area contributed by atoms with Crippen molar-refractivity contribution in [2.45, 2.75) is 25.7 Å². The molecule has 2 aromatic rings. The number of rotatable bonds is 4. The Morgan fingerprint density at radius 2 is 2.00 bits per heavy atom. The fourth-order valence-electron chi connectivity index (χ4n) is 2.14. The lowest BCUT2D eigenvalue weighted by atomic mass is 10.2. The van der Waals surface area contributed by atoms with Gasteiger partial charge in [0.2, 0.25) is 0 Å². The molecule has 0 aliphatic carbocycles. The van der Waals surface area contributed by atoms with E-state index in [1.807, 2.05) is 0 Å². The Kier molecular flexibility index (Phi) is 3.73. The lowest BCUT2D eigenvalue weighted by Crippen LogP contribution is -2.15. The molecule has 0 radical (unpaired) electrons. The minimum absolute atomic E-state index is 0.0526. The van der Waals surface area contributed by atoms with Gasteiger partial charge >= 0.3 is 5.97 Å². The molecular formula is C13H15N3O4S. The summed E-state index contributed by atoms with van der Waals surface area (Å²) in [5.74, 6) is -1.20. The summed E-state index contributed by atoms with van der Waals surface area (Å²) in [5.41, 5.74) is 1.21. The van der Waals surface area contributed by atoms with E-state index in [1.54, 1.807) is 25.3 Å². The van der Waals surface area contributed by atoms with E-state index >= 15 is 0 Å². The first-order valence-electron chi connectivity index (χ1n) is 6.11. The first-order valence-corrected chi connectivity index (χ1v) is 7.59. The number of aromatic carboxylic acids is 1. The summed E-state index contributed by atoms with van der Waals surface area (Å²) >= 11 is 0. The molecule has 0 amide bonds. The third kappa shape index (κ3) is 2.75. The van der Waals surface area contributed by atoms with Crippen molar-refractivity contribution in [1.82, 2.24) is 9.97 Å². The summed E-state index contributed by atoms with van der Waals surface area (Å²) < 4.78 is 27.4. The number of H-pyrrole nitrogens is 1. The zero-order valence-corrected chi connectivity index (χ0v) is 12.6. The minimum atomic E-state index is -3.89. The molecule has 0 atom stereocenters. The second-order valence-corrected chi connectivity index (χ2v) is 6.25. The van der Waals surface area contributed by atoms with Gasteiger partial charge in [-0.3, -0.25) is 9.71 Å². The molecule has 2 heterocycles. The summed E-state index contributed by atoms with van der Waals surface area (Å²) in [5, 5.41) is 9.05. The smallest absolute Gasteiger partial charge is 0.352 e. The Morgan fingerprint density at radius 3 is 2.52 bits per heavy atom. The van der Waals surface area contributed by atoms with Gasteiger partial charge in [-0.25, -0.2) is 13.2 Å². The van der Waals surface area contributed by atoms with Gasteiger partial charge < -0.3 is 10.1 Å². The second-order valence-electron chi connectivity index (χ2n) is 4.63. The van der Waals surface area contributed by atoms with Crippen molar-refractivity contribution in [1.29, 1.82) is 0 Å². The van der Waals surface area contributed by atoms with Crippen LogP contribution in [0.25, 0.3) is 0 Å². The van der Waals surface area contributed by atoms with Crippen LogP contribution in [0.1, 0.15) is 27.4 Å². The molecule has 0 saturated heterocycles. The first-order chi connectivity index (χ1) is 9.74. The summed E-state index contributed by atoms with van der Waals surface area (Å²) in [7, 11) is -3.89. The Labute approximate surface area is 122 Å². The van der Waals surface area contributed by atoms with E-state index in [9.17, 15) is 13.2 Å². The van der Waals surface area contributed by atoms with Gasteiger partial charge in [-0.2, -0.15) is 0 Å². The third-order valence-electron chi connectivity index (χ3n) is 3.10. The van der Waals surface area contributed by atoms with Crippen molar-refractivity contribution < 1.29 is 18.3 Å². The van der Waals surface area contributed by atoms with Crippen LogP contribution < -0.4 is 4.72 Å². The molecule has 0 unspecified atom stereocenters. The van der Waals surface area contributed by atoms with E-state index in [4.69, 9.17) is 5.11 Å². The largest absolute Gasteiger partial charge is 0.477 e. The molecule has 0 bridgehead atoms. The highest BCUT2D eigenvalue weighted by molar-refractivity contribution is 7.92. The first kappa shape index (κ1) is 15.0. The van der Waals surface area contributed by atoms with Crippen molar-refractivity contribution in [3.63, 3.8) is 0 Å². The highest BCUT2D eigenvalue weighted by Crippen LogP contribution is 2.26. The van der Waals surface area contributed by atoms with E-state index in [2.05, 4.69) is 14.7 Å². The number of hydrogen-bond donors (Lipinski definition) is 3. The summed E-state index contributed by atoms with van der Waals surface area (Å²) in [6.45, 7) is 4.65. The zero-order valence-electron chi connectivity index (χ0n) is 11.8. The molecule has 2 aromatic heterocycles. The van der Waals surface area contributed by atoms with Gasteiger partial charge in [-0.05, 0) is 32.9 Å². The van der Waals surface area contributed by atoms with Crippen molar-refractivity contribution in [3.8, 4) is 0 Å². The van der Waals surface area contributed by atoms with Gasteiger partial charge in [0.15, 0.2) is 0 Å². The Hall–Kier alpha value is -2.35. The van der Waals surface area contributed by atoms with Gasteiger partial charge in [0.05, 0.1) is 11.4 Å². The molecule has 0 aromatic carbocycles. The number of nitrogens with zero attached hydrogens (tertiary/aromatic N) is 1. The van der Waals surface area contributed by atoms with Crippen LogP contribution in [0.5, 0.6) is 0 Å². The highest BCUT2D eigenvalue weighted by atomic mass is 32.2. The number of aromatic nitrogens is 2. The van der Waals surface area contributed by atoms with E-state index < -0.39 is 16.0 Å². The number of nitrogens with one attached hydrogen (secondary N) is 2. The zero-order chi connectivity index (χ0) is 15.8. The van der Waals surface area contributed by atoms with Crippen LogP contribution in [0, 0.1) is 20.8 Å². The van der Waals surface area contributed by atoms with Gasteiger partial charge in [-0.15, -0.1) is 0 Å².